The lowest BCUT2D eigenvalue weighted by Crippen LogP contribution is -2.53. The fraction of sp³-hybridized carbons (Fsp3) is 0.286. The standard InChI is InChI=1S/C21H19FN2O/c22-18-7-6-16(11-23)21(10-18)17-8-19-13-25-14-20(9-17)24(19)12-15-4-2-1-3-5-15/h1-8,10,19-20H,9,12-14H2. The average Bonchev–Trinajstić information content (AvgIpc) is 2.62. The number of ether oxygens (including phenoxy) is 1. The SMILES string of the molecule is N#Cc1ccc(F)cc1C1=CC2COCC(C1)N2Cc1ccccc1. The van der Waals surface area contributed by atoms with Gasteiger partial charge in [0.2, 0.25) is 0 Å². The molecule has 0 amide bonds. The third-order valence-corrected chi connectivity index (χ3v) is 5.00. The summed E-state index contributed by atoms with van der Waals surface area (Å²) in [5, 5.41) is 9.36. The summed E-state index contributed by atoms with van der Waals surface area (Å²) < 4.78 is 19.5. The molecule has 2 heterocycles. The number of hydrogen-bond donors (Lipinski definition) is 0. The van der Waals surface area contributed by atoms with Crippen molar-refractivity contribution < 1.29 is 9.13 Å². The quantitative estimate of drug-likeness (QED) is 0.858. The minimum atomic E-state index is -0.303. The minimum Gasteiger partial charge on any atom is -0.378 e. The number of halogens is 1. The van der Waals surface area contributed by atoms with Crippen LogP contribution in [0.25, 0.3) is 5.57 Å². The van der Waals surface area contributed by atoms with Gasteiger partial charge in [0.25, 0.3) is 0 Å². The van der Waals surface area contributed by atoms with Crippen molar-refractivity contribution in [3.05, 3.63) is 77.1 Å². The van der Waals surface area contributed by atoms with Crippen molar-refractivity contribution >= 4 is 5.57 Å². The molecule has 1 saturated heterocycles. The van der Waals surface area contributed by atoms with E-state index in [4.69, 9.17) is 4.74 Å². The molecule has 1 fully saturated rings. The molecule has 126 valence electrons. The fourth-order valence-electron chi connectivity index (χ4n) is 3.78. The van der Waals surface area contributed by atoms with Crippen molar-refractivity contribution in [3.8, 4) is 6.07 Å². The lowest BCUT2D eigenvalue weighted by atomic mass is 9.87. The highest BCUT2D eigenvalue weighted by Crippen LogP contribution is 2.35. The highest BCUT2D eigenvalue weighted by molar-refractivity contribution is 5.72. The van der Waals surface area contributed by atoms with Gasteiger partial charge in [0.1, 0.15) is 5.82 Å². The Kier molecular flexibility index (Phi) is 4.35. The van der Waals surface area contributed by atoms with Crippen LogP contribution in [-0.4, -0.2) is 30.2 Å². The smallest absolute Gasteiger partial charge is 0.123 e. The molecule has 2 atom stereocenters. The minimum absolute atomic E-state index is 0.150. The van der Waals surface area contributed by atoms with Crippen molar-refractivity contribution in [1.29, 1.82) is 5.26 Å². The van der Waals surface area contributed by atoms with Crippen LogP contribution in [-0.2, 0) is 11.3 Å². The number of hydrogen-bond acceptors (Lipinski definition) is 3. The number of morpholine rings is 1. The summed E-state index contributed by atoms with van der Waals surface area (Å²) in [4.78, 5) is 2.45. The first-order chi connectivity index (χ1) is 12.2. The second kappa shape index (κ2) is 6.79. The molecule has 0 spiro atoms. The monoisotopic (exact) mass is 334 g/mol. The summed E-state index contributed by atoms with van der Waals surface area (Å²) in [7, 11) is 0. The number of rotatable bonds is 3. The molecule has 2 aromatic rings. The predicted molar refractivity (Wildman–Crippen MR) is 94.1 cm³/mol. The molecule has 0 saturated carbocycles. The summed E-state index contributed by atoms with van der Waals surface area (Å²) in [6, 6.07) is 17.4. The van der Waals surface area contributed by atoms with Crippen LogP contribution in [0.1, 0.15) is 23.1 Å². The number of benzene rings is 2. The Morgan fingerprint density at radius 2 is 2.00 bits per heavy atom. The molecule has 2 unspecified atom stereocenters. The lowest BCUT2D eigenvalue weighted by molar-refractivity contribution is -0.0402. The zero-order chi connectivity index (χ0) is 17.2. The molecule has 25 heavy (non-hydrogen) atoms. The summed E-state index contributed by atoms with van der Waals surface area (Å²) >= 11 is 0. The van der Waals surface area contributed by atoms with Gasteiger partial charge in [-0.3, -0.25) is 4.90 Å². The van der Waals surface area contributed by atoms with Crippen molar-refractivity contribution in [1.82, 2.24) is 4.90 Å². The second-order valence-electron chi connectivity index (χ2n) is 6.61. The highest BCUT2D eigenvalue weighted by Gasteiger charge is 2.35. The molecule has 4 heteroatoms. The van der Waals surface area contributed by atoms with Crippen LogP contribution < -0.4 is 0 Å². The molecule has 0 radical (unpaired) electrons. The van der Waals surface area contributed by atoms with Gasteiger partial charge in [-0.05, 0) is 41.3 Å². The van der Waals surface area contributed by atoms with Crippen LogP contribution in [0.2, 0.25) is 0 Å². The molecule has 0 aliphatic carbocycles. The summed E-state index contributed by atoms with van der Waals surface area (Å²) in [6.45, 7) is 2.17. The van der Waals surface area contributed by atoms with Gasteiger partial charge in [0.05, 0.1) is 30.9 Å². The summed E-state index contributed by atoms with van der Waals surface area (Å²) in [5.74, 6) is -0.303. The van der Waals surface area contributed by atoms with Crippen molar-refractivity contribution in [2.75, 3.05) is 13.2 Å². The first kappa shape index (κ1) is 16.0. The van der Waals surface area contributed by atoms with Gasteiger partial charge >= 0.3 is 0 Å². The van der Waals surface area contributed by atoms with Gasteiger partial charge in [-0.1, -0.05) is 36.4 Å². The maximum atomic E-state index is 13.7. The Morgan fingerprint density at radius 1 is 1.16 bits per heavy atom. The van der Waals surface area contributed by atoms with E-state index in [0.29, 0.717) is 18.8 Å². The number of nitriles is 1. The average molecular weight is 334 g/mol. The third kappa shape index (κ3) is 3.21. The van der Waals surface area contributed by atoms with E-state index < -0.39 is 0 Å². The molecular weight excluding hydrogens is 315 g/mol. The molecule has 2 aliphatic heterocycles. The Hall–Kier alpha value is -2.48. The molecule has 4 rings (SSSR count). The van der Waals surface area contributed by atoms with Gasteiger partial charge in [-0.2, -0.15) is 5.26 Å². The summed E-state index contributed by atoms with van der Waals surface area (Å²) in [5.41, 5.74) is 3.58. The second-order valence-corrected chi connectivity index (χ2v) is 6.61. The maximum Gasteiger partial charge on any atom is 0.123 e. The Labute approximate surface area is 147 Å². The molecule has 2 aliphatic rings. The van der Waals surface area contributed by atoms with E-state index >= 15 is 0 Å². The molecule has 2 bridgehead atoms. The Balaban J connectivity index is 1.66. The summed E-state index contributed by atoms with van der Waals surface area (Å²) in [6.07, 6.45) is 2.91. The van der Waals surface area contributed by atoms with E-state index in [1.807, 2.05) is 6.07 Å². The predicted octanol–water partition coefficient (Wildman–Crippen LogP) is 3.75. The molecular formula is C21H19FN2O. The van der Waals surface area contributed by atoms with E-state index in [9.17, 15) is 9.65 Å². The van der Waals surface area contributed by atoms with Gasteiger partial charge < -0.3 is 4.74 Å². The highest BCUT2D eigenvalue weighted by atomic mass is 19.1. The fourth-order valence-corrected chi connectivity index (χ4v) is 3.78. The Morgan fingerprint density at radius 3 is 2.76 bits per heavy atom. The van der Waals surface area contributed by atoms with E-state index in [-0.39, 0.29) is 17.9 Å². The number of fused-ring (bicyclic) bond motifs is 2. The molecule has 0 N–H and O–H groups in total. The van der Waals surface area contributed by atoms with Gasteiger partial charge in [0.15, 0.2) is 0 Å². The van der Waals surface area contributed by atoms with Gasteiger partial charge in [0, 0.05) is 12.6 Å². The van der Waals surface area contributed by atoms with E-state index in [1.54, 1.807) is 6.07 Å². The maximum absolute atomic E-state index is 13.7. The van der Waals surface area contributed by atoms with Crippen molar-refractivity contribution in [3.63, 3.8) is 0 Å². The van der Waals surface area contributed by atoms with Gasteiger partial charge in [-0.15, -0.1) is 0 Å². The van der Waals surface area contributed by atoms with Crippen LogP contribution in [0.3, 0.4) is 0 Å². The third-order valence-electron chi connectivity index (χ3n) is 5.00. The van der Waals surface area contributed by atoms with Crippen molar-refractivity contribution in [2.45, 2.75) is 25.0 Å². The normalized spacial score (nSPS) is 23.0. The topological polar surface area (TPSA) is 36.3 Å². The van der Waals surface area contributed by atoms with E-state index in [1.165, 1.54) is 17.7 Å². The lowest BCUT2D eigenvalue weighted by Gasteiger charge is -2.45. The largest absolute Gasteiger partial charge is 0.378 e. The van der Waals surface area contributed by atoms with Crippen LogP contribution in [0.4, 0.5) is 4.39 Å². The van der Waals surface area contributed by atoms with Crippen molar-refractivity contribution in [2.24, 2.45) is 0 Å². The van der Waals surface area contributed by atoms with Crippen LogP contribution >= 0.6 is 0 Å². The van der Waals surface area contributed by atoms with Crippen LogP contribution in [0, 0.1) is 17.1 Å². The molecule has 3 nitrogen and oxygen atoms in total. The molecule has 0 aromatic heterocycles. The first-order valence-corrected chi connectivity index (χ1v) is 8.53. The first-order valence-electron chi connectivity index (χ1n) is 8.53. The van der Waals surface area contributed by atoms with E-state index in [2.05, 4.69) is 41.3 Å². The van der Waals surface area contributed by atoms with Crippen LogP contribution in [0.15, 0.2) is 54.6 Å². The van der Waals surface area contributed by atoms with Crippen LogP contribution in [0.5, 0.6) is 0 Å². The van der Waals surface area contributed by atoms with E-state index in [0.717, 1.165) is 24.1 Å². The molecule has 2 aromatic carbocycles. The van der Waals surface area contributed by atoms with Gasteiger partial charge in [-0.25, -0.2) is 4.39 Å². The zero-order valence-corrected chi connectivity index (χ0v) is 13.9. The zero-order valence-electron chi connectivity index (χ0n) is 13.9. The Bertz CT molecular complexity index is 841. The number of nitrogens with zero attached hydrogens (tertiary/aromatic N) is 2.